The van der Waals surface area contributed by atoms with Gasteiger partial charge in [-0.25, -0.2) is 14.8 Å². The number of benzene rings is 1. The summed E-state index contributed by atoms with van der Waals surface area (Å²) in [5, 5.41) is 5.92. The number of hydrogen-bond acceptors (Lipinski definition) is 6. The summed E-state index contributed by atoms with van der Waals surface area (Å²) in [5.41, 5.74) is 4.61. The molecule has 1 amide bonds. The second-order valence-electron chi connectivity index (χ2n) is 6.17. The number of rotatable bonds is 5. The number of carbonyl (C=O) groups is 1. The lowest BCUT2D eigenvalue weighted by Crippen LogP contribution is -2.13. The first-order valence-electron chi connectivity index (χ1n) is 8.87. The molecule has 3 aromatic heterocycles. The van der Waals surface area contributed by atoms with E-state index in [0.29, 0.717) is 21.4 Å². The predicted molar refractivity (Wildman–Crippen MR) is 121 cm³/mol. The smallest absolute Gasteiger partial charge is 0.260 e. The normalized spacial score (nSPS) is 10.4. The Morgan fingerprint density at radius 3 is 2.70 bits per heavy atom. The van der Waals surface area contributed by atoms with Crippen molar-refractivity contribution in [3.05, 3.63) is 83.4 Å². The van der Waals surface area contributed by atoms with E-state index < -0.39 is 0 Å². The van der Waals surface area contributed by atoms with Crippen molar-refractivity contribution in [1.29, 1.82) is 0 Å². The van der Waals surface area contributed by atoms with E-state index in [1.54, 1.807) is 42.9 Å². The van der Waals surface area contributed by atoms with E-state index in [0.717, 1.165) is 22.4 Å². The van der Waals surface area contributed by atoms with Gasteiger partial charge in [-0.3, -0.25) is 15.1 Å². The summed E-state index contributed by atoms with van der Waals surface area (Å²) in [4.78, 5) is 29.1. The first-order valence-corrected chi connectivity index (χ1v) is 11.0. The van der Waals surface area contributed by atoms with E-state index in [2.05, 4.69) is 25.1 Å². The highest BCUT2D eigenvalue weighted by Crippen LogP contribution is 2.29. The van der Waals surface area contributed by atoms with Crippen LogP contribution in [0.1, 0.15) is 10.4 Å². The molecule has 4 aromatic rings. The second-order valence-corrected chi connectivity index (χ2v) is 7.83. The molecule has 0 saturated heterocycles. The van der Waals surface area contributed by atoms with Gasteiger partial charge in [0.05, 0.1) is 17.8 Å². The van der Waals surface area contributed by atoms with Crippen LogP contribution < -0.4 is 5.32 Å². The number of amides is 1. The van der Waals surface area contributed by atoms with Crippen molar-refractivity contribution in [1.82, 2.24) is 15.0 Å². The maximum atomic E-state index is 12.6. The number of thioether (sulfide) groups is 1. The van der Waals surface area contributed by atoms with Crippen molar-refractivity contribution in [2.45, 2.75) is 5.03 Å². The standard InChI is InChI=1S/C22H15N5OS2/c1-23-17-7-5-14(6-8-17)15-10-16(12-24-11-15)19-13-30-22(26-19)27-20(28)18-4-3-9-25-21(18)29-2/h3-13H,2H3,(H,26,27,28). The van der Waals surface area contributed by atoms with Gasteiger partial charge >= 0.3 is 0 Å². The zero-order chi connectivity index (χ0) is 20.9. The molecule has 0 aliphatic rings. The SMILES string of the molecule is [C-]#[N+]c1ccc(-c2cncc(-c3csc(NC(=O)c4cccnc4SC)n3)c2)cc1. The Labute approximate surface area is 181 Å². The summed E-state index contributed by atoms with van der Waals surface area (Å²) in [6, 6.07) is 12.8. The highest BCUT2D eigenvalue weighted by Gasteiger charge is 2.14. The molecule has 0 spiro atoms. The third-order valence-electron chi connectivity index (χ3n) is 4.30. The summed E-state index contributed by atoms with van der Waals surface area (Å²) in [6.45, 7) is 7.06. The summed E-state index contributed by atoms with van der Waals surface area (Å²) in [6.07, 6.45) is 7.07. The maximum absolute atomic E-state index is 12.6. The molecule has 8 heteroatoms. The predicted octanol–water partition coefficient (Wildman–Crippen LogP) is 5.79. The molecule has 0 unspecified atom stereocenters. The van der Waals surface area contributed by atoms with Crippen molar-refractivity contribution >= 4 is 39.8 Å². The summed E-state index contributed by atoms with van der Waals surface area (Å²) < 4.78 is 0. The van der Waals surface area contributed by atoms with E-state index in [-0.39, 0.29) is 5.91 Å². The van der Waals surface area contributed by atoms with Crippen LogP contribution in [0.2, 0.25) is 0 Å². The molecule has 1 N–H and O–H groups in total. The Bertz CT molecular complexity index is 1240. The van der Waals surface area contributed by atoms with Gasteiger partial charge < -0.3 is 0 Å². The third-order valence-corrected chi connectivity index (χ3v) is 5.77. The molecule has 1 aromatic carbocycles. The van der Waals surface area contributed by atoms with Crippen molar-refractivity contribution in [2.24, 2.45) is 0 Å². The lowest BCUT2D eigenvalue weighted by atomic mass is 10.0. The van der Waals surface area contributed by atoms with Crippen LogP contribution in [0.5, 0.6) is 0 Å². The van der Waals surface area contributed by atoms with Gasteiger partial charge in [0.25, 0.3) is 5.91 Å². The molecule has 0 bridgehead atoms. The summed E-state index contributed by atoms with van der Waals surface area (Å²) >= 11 is 2.78. The Kier molecular flexibility index (Phi) is 5.84. The molecule has 0 radical (unpaired) electrons. The molecular formula is C22H15N5OS2. The van der Waals surface area contributed by atoms with Crippen LogP contribution in [0, 0.1) is 6.57 Å². The number of nitrogens with zero attached hydrogens (tertiary/aromatic N) is 4. The van der Waals surface area contributed by atoms with Crippen molar-refractivity contribution in [3.63, 3.8) is 0 Å². The van der Waals surface area contributed by atoms with E-state index in [1.807, 2.05) is 29.8 Å². The van der Waals surface area contributed by atoms with E-state index >= 15 is 0 Å². The topological polar surface area (TPSA) is 72.1 Å². The molecule has 4 rings (SSSR count). The monoisotopic (exact) mass is 429 g/mol. The molecular weight excluding hydrogens is 414 g/mol. The van der Waals surface area contributed by atoms with Gasteiger partial charge in [0.2, 0.25) is 0 Å². The zero-order valence-electron chi connectivity index (χ0n) is 15.9. The number of pyridine rings is 2. The Balaban J connectivity index is 1.55. The maximum Gasteiger partial charge on any atom is 0.260 e. The Morgan fingerprint density at radius 1 is 1.13 bits per heavy atom. The lowest BCUT2D eigenvalue weighted by Gasteiger charge is -2.05. The molecule has 3 heterocycles. The van der Waals surface area contributed by atoms with Crippen molar-refractivity contribution in [2.75, 3.05) is 11.6 Å². The van der Waals surface area contributed by atoms with Crippen LogP contribution in [-0.4, -0.2) is 27.1 Å². The van der Waals surface area contributed by atoms with Crippen molar-refractivity contribution < 1.29 is 4.79 Å². The molecule has 0 atom stereocenters. The van der Waals surface area contributed by atoms with E-state index in [9.17, 15) is 4.79 Å². The van der Waals surface area contributed by atoms with Gasteiger partial charge in [0.1, 0.15) is 5.03 Å². The fourth-order valence-electron chi connectivity index (χ4n) is 2.82. The quantitative estimate of drug-likeness (QED) is 0.321. The summed E-state index contributed by atoms with van der Waals surface area (Å²) in [7, 11) is 0. The van der Waals surface area contributed by atoms with Gasteiger partial charge in [-0.2, -0.15) is 0 Å². The summed E-state index contributed by atoms with van der Waals surface area (Å²) in [5.74, 6) is -0.236. The molecule has 0 saturated carbocycles. The molecule has 6 nitrogen and oxygen atoms in total. The van der Waals surface area contributed by atoms with Crippen LogP contribution in [0.25, 0.3) is 27.2 Å². The van der Waals surface area contributed by atoms with Gasteiger partial charge in [0, 0.05) is 35.1 Å². The van der Waals surface area contributed by atoms with Gasteiger partial charge in [-0.1, -0.05) is 24.3 Å². The number of nitrogens with one attached hydrogen (secondary N) is 1. The molecule has 30 heavy (non-hydrogen) atoms. The first kappa shape index (κ1) is 19.8. The minimum Gasteiger partial charge on any atom is -0.298 e. The molecule has 0 aliphatic carbocycles. The highest BCUT2D eigenvalue weighted by molar-refractivity contribution is 7.98. The van der Waals surface area contributed by atoms with Gasteiger partial charge in [0.15, 0.2) is 10.8 Å². The molecule has 0 aliphatic heterocycles. The highest BCUT2D eigenvalue weighted by atomic mass is 32.2. The number of hydrogen-bond donors (Lipinski definition) is 1. The minimum absolute atomic E-state index is 0.236. The average Bonchev–Trinajstić information content (AvgIpc) is 3.27. The molecule has 0 fully saturated rings. The number of carbonyl (C=O) groups excluding carboxylic acids is 1. The van der Waals surface area contributed by atoms with Crippen molar-refractivity contribution in [3.8, 4) is 22.4 Å². The van der Waals surface area contributed by atoms with E-state index in [1.165, 1.54) is 23.1 Å². The average molecular weight is 430 g/mol. The third kappa shape index (κ3) is 4.22. The Hall–Kier alpha value is -3.54. The molecule has 146 valence electrons. The number of anilines is 1. The zero-order valence-corrected chi connectivity index (χ0v) is 17.5. The second kappa shape index (κ2) is 8.86. The minimum atomic E-state index is -0.236. The van der Waals surface area contributed by atoms with Crippen LogP contribution >= 0.6 is 23.1 Å². The van der Waals surface area contributed by atoms with Crippen LogP contribution in [0.15, 0.2) is 71.5 Å². The Morgan fingerprint density at radius 2 is 1.93 bits per heavy atom. The fraction of sp³-hybridized carbons (Fsp3) is 0.0455. The fourth-order valence-corrected chi connectivity index (χ4v) is 4.08. The lowest BCUT2D eigenvalue weighted by molar-refractivity contribution is 0.102. The first-order chi connectivity index (χ1) is 14.7. The van der Waals surface area contributed by atoms with Crippen LogP contribution in [0.3, 0.4) is 0 Å². The largest absolute Gasteiger partial charge is 0.298 e. The number of aromatic nitrogens is 3. The van der Waals surface area contributed by atoms with Gasteiger partial charge in [-0.05, 0) is 30.0 Å². The van der Waals surface area contributed by atoms with Crippen LogP contribution in [0.4, 0.5) is 10.8 Å². The number of thiazole rings is 1. The van der Waals surface area contributed by atoms with Crippen LogP contribution in [-0.2, 0) is 0 Å². The van der Waals surface area contributed by atoms with E-state index in [4.69, 9.17) is 6.57 Å². The van der Waals surface area contributed by atoms with Gasteiger partial charge in [-0.15, -0.1) is 23.1 Å².